The third kappa shape index (κ3) is 2.46. The van der Waals surface area contributed by atoms with Crippen LogP contribution in [0.25, 0.3) is 0 Å². The van der Waals surface area contributed by atoms with Gasteiger partial charge in [0, 0.05) is 18.3 Å². The lowest BCUT2D eigenvalue weighted by atomic mass is 9.97. The van der Waals surface area contributed by atoms with Gasteiger partial charge in [-0.2, -0.15) is 0 Å². The molecule has 0 amide bonds. The van der Waals surface area contributed by atoms with Crippen LogP contribution in [-0.2, 0) is 0 Å². The standard InChI is InChI=1S/C11H15BrN4O2/c12-8-5-14-6-9(16(17)18)10(8)15-11(7-13)3-1-2-4-11/h5-6H,1-4,7,13H2,(H,14,15). The summed E-state index contributed by atoms with van der Waals surface area (Å²) in [5.74, 6) is 0. The zero-order valence-corrected chi connectivity index (χ0v) is 11.4. The smallest absolute Gasteiger partial charge is 0.311 e. The predicted octanol–water partition coefficient (Wildman–Crippen LogP) is 2.44. The average molecular weight is 315 g/mol. The van der Waals surface area contributed by atoms with E-state index in [9.17, 15) is 10.1 Å². The van der Waals surface area contributed by atoms with Gasteiger partial charge in [-0.05, 0) is 28.8 Å². The summed E-state index contributed by atoms with van der Waals surface area (Å²) < 4.78 is 0.594. The van der Waals surface area contributed by atoms with E-state index >= 15 is 0 Å². The van der Waals surface area contributed by atoms with Crippen LogP contribution < -0.4 is 11.1 Å². The minimum atomic E-state index is -0.431. The van der Waals surface area contributed by atoms with Crippen molar-refractivity contribution in [3.63, 3.8) is 0 Å². The number of nitrogens with two attached hydrogens (primary N) is 1. The first-order chi connectivity index (χ1) is 8.58. The molecule has 1 saturated carbocycles. The van der Waals surface area contributed by atoms with Gasteiger partial charge in [-0.1, -0.05) is 12.8 Å². The van der Waals surface area contributed by atoms with Crippen LogP contribution in [-0.4, -0.2) is 22.0 Å². The summed E-state index contributed by atoms with van der Waals surface area (Å²) >= 11 is 3.31. The Hall–Kier alpha value is -1.21. The molecule has 0 aliphatic heterocycles. The molecule has 1 fully saturated rings. The molecule has 18 heavy (non-hydrogen) atoms. The van der Waals surface area contributed by atoms with Crippen molar-refractivity contribution in [1.82, 2.24) is 4.98 Å². The second-order valence-corrected chi connectivity index (χ2v) is 5.44. The molecule has 0 bridgehead atoms. The van der Waals surface area contributed by atoms with Crippen LogP contribution in [0.15, 0.2) is 16.9 Å². The maximum atomic E-state index is 11.0. The summed E-state index contributed by atoms with van der Waals surface area (Å²) in [6.07, 6.45) is 6.88. The van der Waals surface area contributed by atoms with Gasteiger partial charge in [0.05, 0.1) is 9.40 Å². The van der Waals surface area contributed by atoms with Crippen LogP contribution in [0, 0.1) is 10.1 Å². The summed E-state index contributed by atoms with van der Waals surface area (Å²) in [7, 11) is 0. The fourth-order valence-corrected chi connectivity index (χ4v) is 2.80. The highest BCUT2D eigenvalue weighted by Gasteiger charge is 2.34. The van der Waals surface area contributed by atoms with Crippen LogP contribution in [0.4, 0.5) is 11.4 Å². The van der Waals surface area contributed by atoms with Gasteiger partial charge in [0.15, 0.2) is 0 Å². The number of nitro groups is 1. The molecule has 3 N–H and O–H groups in total. The normalized spacial score (nSPS) is 17.7. The van der Waals surface area contributed by atoms with Gasteiger partial charge in [-0.25, -0.2) is 0 Å². The lowest BCUT2D eigenvalue weighted by Crippen LogP contribution is -2.43. The third-order valence-electron chi connectivity index (χ3n) is 3.42. The Morgan fingerprint density at radius 1 is 1.50 bits per heavy atom. The fraction of sp³-hybridized carbons (Fsp3) is 0.545. The molecule has 1 aliphatic carbocycles. The van der Waals surface area contributed by atoms with E-state index in [1.165, 1.54) is 6.20 Å². The molecule has 1 aliphatic rings. The van der Waals surface area contributed by atoms with Gasteiger partial charge < -0.3 is 11.1 Å². The Labute approximate surface area is 113 Å². The summed E-state index contributed by atoms with van der Waals surface area (Å²) in [4.78, 5) is 14.4. The third-order valence-corrected chi connectivity index (χ3v) is 4.02. The van der Waals surface area contributed by atoms with E-state index in [0.717, 1.165) is 25.7 Å². The van der Waals surface area contributed by atoms with Crippen molar-refractivity contribution in [3.05, 3.63) is 27.0 Å². The van der Waals surface area contributed by atoms with Gasteiger partial charge in [0.1, 0.15) is 11.9 Å². The number of aromatic nitrogens is 1. The Balaban J connectivity index is 2.35. The van der Waals surface area contributed by atoms with Crippen molar-refractivity contribution < 1.29 is 4.92 Å². The fourth-order valence-electron chi connectivity index (χ4n) is 2.38. The van der Waals surface area contributed by atoms with Crippen LogP contribution in [0.5, 0.6) is 0 Å². The number of nitrogens with zero attached hydrogens (tertiary/aromatic N) is 2. The Bertz CT molecular complexity index is 460. The zero-order chi connectivity index (χ0) is 13.2. The van der Waals surface area contributed by atoms with Gasteiger partial charge in [-0.3, -0.25) is 15.1 Å². The van der Waals surface area contributed by atoms with Crippen molar-refractivity contribution in [1.29, 1.82) is 0 Å². The molecule has 0 aromatic carbocycles. The van der Waals surface area contributed by atoms with Crippen LogP contribution in [0.3, 0.4) is 0 Å². The highest BCUT2D eigenvalue weighted by Crippen LogP contribution is 2.38. The van der Waals surface area contributed by atoms with Crippen molar-refractivity contribution in [3.8, 4) is 0 Å². The molecule has 98 valence electrons. The average Bonchev–Trinajstić information content (AvgIpc) is 2.81. The summed E-state index contributed by atoms with van der Waals surface area (Å²) in [5.41, 5.74) is 6.05. The number of anilines is 1. The number of hydrogen-bond acceptors (Lipinski definition) is 5. The van der Waals surface area contributed by atoms with Crippen LogP contribution in [0.2, 0.25) is 0 Å². The first kappa shape index (κ1) is 13.2. The lowest BCUT2D eigenvalue weighted by Gasteiger charge is -2.30. The summed E-state index contributed by atoms with van der Waals surface area (Å²) in [6.45, 7) is 0.471. The molecule has 0 spiro atoms. The van der Waals surface area contributed by atoms with E-state index in [-0.39, 0.29) is 11.2 Å². The van der Waals surface area contributed by atoms with E-state index in [1.54, 1.807) is 6.20 Å². The van der Waals surface area contributed by atoms with Crippen LogP contribution in [0.1, 0.15) is 25.7 Å². The maximum absolute atomic E-state index is 11.0. The van der Waals surface area contributed by atoms with E-state index < -0.39 is 4.92 Å². The van der Waals surface area contributed by atoms with Crippen molar-refractivity contribution in [2.24, 2.45) is 5.73 Å². The van der Waals surface area contributed by atoms with E-state index in [0.29, 0.717) is 16.7 Å². The Kier molecular flexibility index (Phi) is 3.82. The van der Waals surface area contributed by atoms with Gasteiger partial charge in [0.25, 0.3) is 0 Å². The molecule has 0 saturated heterocycles. The monoisotopic (exact) mass is 314 g/mol. The molecule has 0 unspecified atom stereocenters. The molecular formula is C11H15BrN4O2. The molecule has 2 rings (SSSR count). The lowest BCUT2D eigenvalue weighted by molar-refractivity contribution is -0.384. The number of rotatable bonds is 4. The van der Waals surface area contributed by atoms with Crippen LogP contribution >= 0.6 is 15.9 Å². The molecular weight excluding hydrogens is 300 g/mol. The Morgan fingerprint density at radius 2 is 2.17 bits per heavy atom. The minimum Gasteiger partial charge on any atom is -0.372 e. The molecule has 6 nitrogen and oxygen atoms in total. The summed E-state index contributed by atoms with van der Waals surface area (Å²) in [5, 5.41) is 14.3. The van der Waals surface area contributed by atoms with Gasteiger partial charge in [0.2, 0.25) is 0 Å². The number of nitrogens with one attached hydrogen (secondary N) is 1. The zero-order valence-electron chi connectivity index (χ0n) is 9.86. The highest BCUT2D eigenvalue weighted by molar-refractivity contribution is 9.10. The first-order valence-corrected chi connectivity index (χ1v) is 6.63. The molecule has 1 heterocycles. The van der Waals surface area contributed by atoms with Gasteiger partial charge >= 0.3 is 5.69 Å². The SMILES string of the molecule is NCC1(Nc2c(Br)cncc2[N+](=O)[O-])CCCC1. The quantitative estimate of drug-likeness (QED) is 0.657. The number of hydrogen-bond donors (Lipinski definition) is 2. The van der Waals surface area contributed by atoms with Gasteiger partial charge in [-0.15, -0.1) is 0 Å². The number of pyridine rings is 1. The summed E-state index contributed by atoms with van der Waals surface area (Å²) in [6, 6.07) is 0. The largest absolute Gasteiger partial charge is 0.372 e. The van der Waals surface area contributed by atoms with Crippen molar-refractivity contribution >= 4 is 27.3 Å². The van der Waals surface area contributed by atoms with Crippen molar-refractivity contribution in [2.45, 2.75) is 31.2 Å². The first-order valence-electron chi connectivity index (χ1n) is 5.84. The highest BCUT2D eigenvalue weighted by atomic mass is 79.9. The minimum absolute atomic E-state index is 0.0240. The second kappa shape index (κ2) is 5.19. The topological polar surface area (TPSA) is 94.1 Å². The molecule has 0 radical (unpaired) electrons. The number of halogens is 1. The second-order valence-electron chi connectivity index (χ2n) is 4.59. The molecule has 7 heteroatoms. The molecule has 1 aromatic rings. The molecule has 1 aromatic heterocycles. The van der Waals surface area contributed by atoms with Crippen molar-refractivity contribution in [2.75, 3.05) is 11.9 Å². The van der Waals surface area contributed by atoms with E-state index in [4.69, 9.17) is 5.73 Å². The maximum Gasteiger partial charge on any atom is 0.311 e. The van der Waals surface area contributed by atoms with E-state index in [2.05, 4.69) is 26.2 Å². The Morgan fingerprint density at radius 3 is 2.72 bits per heavy atom. The van der Waals surface area contributed by atoms with E-state index in [1.807, 2.05) is 0 Å². The molecule has 0 atom stereocenters. The predicted molar refractivity (Wildman–Crippen MR) is 72.5 cm³/mol.